The van der Waals surface area contributed by atoms with E-state index in [1.54, 1.807) is 0 Å². The second-order valence-electron chi connectivity index (χ2n) is 6.88. The van der Waals surface area contributed by atoms with Crippen LogP contribution in [0.4, 0.5) is 0 Å². The van der Waals surface area contributed by atoms with Crippen LogP contribution in [0.2, 0.25) is 0 Å². The molecule has 0 aliphatic rings. The fraction of sp³-hybridized carbons (Fsp3) is 0.167. The van der Waals surface area contributed by atoms with E-state index >= 15 is 0 Å². The van der Waals surface area contributed by atoms with E-state index in [9.17, 15) is 4.79 Å². The largest absolute Gasteiger partial charge is 0.352 e. The van der Waals surface area contributed by atoms with Crippen molar-refractivity contribution in [1.29, 1.82) is 0 Å². The maximum atomic E-state index is 12.4. The summed E-state index contributed by atoms with van der Waals surface area (Å²) < 4.78 is 0. The molecular formula is C24H27N3O. The van der Waals surface area contributed by atoms with Gasteiger partial charge in [0.1, 0.15) is 5.65 Å². The molecule has 0 spiro atoms. The molecular weight excluding hydrogens is 346 g/mol. The van der Waals surface area contributed by atoms with Gasteiger partial charge in [-0.25, -0.2) is 4.98 Å². The zero-order valence-electron chi connectivity index (χ0n) is 15.9. The summed E-state index contributed by atoms with van der Waals surface area (Å²) >= 11 is 0. The van der Waals surface area contributed by atoms with Gasteiger partial charge in [0.15, 0.2) is 0 Å². The molecule has 28 heavy (non-hydrogen) atoms. The lowest BCUT2D eigenvalue weighted by molar-refractivity contribution is 0.0953. The van der Waals surface area contributed by atoms with Crippen LogP contribution in [0.15, 0.2) is 73.1 Å². The molecule has 0 radical (unpaired) electrons. The van der Waals surface area contributed by atoms with Crippen molar-refractivity contribution in [3.63, 3.8) is 0 Å². The van der Waals surface area contributed by atoms with Gasteiger partial charge in [0.25, 0.3) is 5.91 Å². The third kappa shape index (κ3) is 3.67. The first-order valence-electron chi connectivity index (χ1n) is 9.67. The zero-order valence-corrected chi connectivity index (χ0v) is 15.9. The number of hydrogen-bond acceptors (Lipinski definition) is 2. The van der Waals surface area contributed by atoms with Crippen LogP contribution in [0.25, 0.3) is 33.3 Å². The average molecular weight is 374 g/mol. The van der Waals surface area contributed by atoms with Gasteiger partial charge >= 0.3 is 0 Å². The maximum absolute atomic E-state index is 12.4. The van der Waals surface area contributed by atoms with E-state index in [0.29, 0.717) is 12.1 Å². The predicted octanol–water partition coefficient (Wildman–Crippen LogP) is 5.92. The van der Waals surface area contributed by atoms with E-state index in [1.807, 2.05) is 54.9 Å². The Balaban J connectivity index is 0.00000160. The number of unbranched alkanes of at least 4 members (excludes halogenated alkanes) is 1. The Kier molecular flexibility index (Phi) is 5.20. The second-order valence-corrected chi connectivity index (χ2v) is 6.88. The molecule has 0 aliphatic carbocycles. The van der Waals surface area contributed by atoms with Gasteiger partial charge in [0.2, 0.25) is 0 Å². The Hall–Kier alpha value is -3.40. The summed E-state index contributed by atoms with van der Waals surface area (Å²) in [6.07, 6.45) is 5.89. The number of aromatic amines is 1. The summed E-state index contributed by atoms with van der Waals surface area (Å²) in [5, 5.41) is 4.03. The first-order chi connectivity index (χ1) is 13.8. The summed E-state index contributed by atoms with van der Waals surface area (Å²) in [5.41, 5.74) is 5.77. The van der Waals surface area contributed by atoms with Gasteiger partial charge in [-0.15, -0.1) is 0 Å². The number of nitrogens with zero attached hydrogens (tertiary/aromatic N) is 1. The third-order valence-electron chi connectivity index (χ3n) is 4.89. The van der Waals surface area contributed by atoms with E-state index in [2.05, 4.69) is 40.4 Å². The Morgan fingerprint density at radius 3 is 2.68 bits per heavy atom. The fourth-order valence-electron chi connectivity index (χ4n) is 3.34. The number of pyridine rings is 1. The molecule has 0 saturated heterocycles. The number of benzene rings is 2. The maximum Gasteiger partial charge on any atom is 0.251 e. The van der Waals surface area contributed by atoms with Gasteiger partial charge in [-0.3, -0.25) is 4.79 Å². The van der Waals surface area contributed by atoms with Gasteiger partial charge < -0.3 is 10.3 Å². The average Bonchev–Trinajstić information content (AvgIpc) is 3.18. The molecule has 0 fully saturated rings. The molecule has 2 heterocycles. The molecule has 0 bridgehead atoms. The molecule has 0 saturated carbocycles. The first-order valence-corrected chi connectivity index (χ1v) is 9.67. The number of carbonyl (C=O) groups excluding carboxylic acids is 1. The van der Waals surface area contributed by atoms with E-state index in [-0.39, 0.29) is 8.76 Å². The number of aromatic nitrogens is 2. The number of carbonyl (C=O) groups is 1. The van der Waals surface area contributed by atoms with Crippen LogP contribution < -0.4 is 5.32 Å². The summed E-state index contributed by atoms with van der Waals surface area (Å²) in [6.45, 7) is 2.82. The standard InChI is InChI=1S/C24H23N3O.2H2/c1-2-3-12-25-24(28)19-11-7-10-18(13-19)22-16-27-23-21(22)14-20(15-26-23)17-8-5-4-6-9-17;;/h4-11,13-16H,2-3,12H2,1H3,(H,25,28)(H,26,27);2*1H. The minimum absolute atomic E-state index is 0. The van der Waals surface area contributed by atoms with Crippen molar-refractivity contribution in [2.24, 2.45) is 0 Å². The van der Waals surface area contributed by atoms with Crippen molar-refractivity contribution in [3.8, 4) is 22.3 Å². The number of amides is 1. The highest BCUT2D eigenvalue weighted by molar-refractivity contribution is 5.99. The van der Waals surface area contributed by atoms with E-state index in [1.165, 1.54) is 0 Å². The number of rotatable bonds is 6. The van der Waals surface area contributed by atoms with Gasteiger partial charge in [-0.2, -0.15) is 0 Å². The first kappa shape index (κ1) is 18.0. The molecule has 4 aromatic rings. The van der Waals surface area contributed by atoms with Crippen LogP contribution in [0, 0.1) is 0 Å². The number of fused-ring (bicyclic) bond motifs is 1. The summed E-state index contributed by atoms with van der Waals surface area (Å²) in [4.78, 5) is 20.2. The highest BCUT2D eigenvalue weighted by Crippen LogP contribution is 2.31. The summed E-state index contributed by atoms with van der Waals surface area (Å²) in [6, 6.07) is 20.1. The van der Waals surface area contributed by atoms with Crippen molar-refractivity contribution in [2.75, 3.05) is 6.54 Å². The van der Waals surface area contributed by atoms with Crippen molar-refractivity contribution in [3.05, 3.63) is 78.6 Å². The van der Waals surface area contributed by atoms with E-state index in [4.69, 9.17) is 0 Å². The Bertz CT molecular complexity index is 1110. The van der Waals surface area contributed by atoms with Gasteiger partial charge in [0, 0.05) is 43.9 Å². The van der Waals surface area contributed by atoms with Crippen molar-refractivity contribution in [1.82, 2.24) is 15.3 Å². The topological polar surface area (TPSA) is 57.8 Å². The van der Waals surface area contributed by atoms with Crippen LogP contribution in [0.5, 0.6) is 0 Å². The summed E-state index contributed by atoms with van der Waals surface area (Å²) in [7, 11) is 0. The van der Waals surface area contributed by atoms with Crippen molar-refractivity contribution < 1.29 is 7.65 Å². The lowest BCUT2D eigenvalue weighted by Crippen LogP contribution is -2.24. The smallest absolute Gasteiger partial charge is 0.251 e. The highest BCUT2D eigenvalue weighted by atomic mass is 16.1. The van der Waals surface area contributed by atoms with Gasteiger partial charge in [-0.1, -0.05) is 55.8 Å². The molecule has 2 aromatic carbocycles. The Morgan fingerprint density at radius 2 is 1.86 bits per heavy atom. The normalized spacial score (nSPS) is 10.9. The third-order valence-corrected chi connectivity index (χ3v) is 4.89. The molecule has 4 heteroatoms. The summed E-state index contributed by atoms with van der Waals surface area (Å²) in [5.74, 6) is -0.0294. The number of hydrogen-bond donors (Lipinski definition) is 2. The molecule has 1 amide bonds. The van der Waals surface area contributed by atoms with Gasteiger partial charge in [0.05, 0.1) is 0 Å². The molecule has 0 aliphatic heterocycles. The molecule has 144 valence electrons. The van der Waals surface area contributed by atoms with Crippen LogP contribution in [-0.4, -0.2) is 22.4 Å². The lowest BCUT2D eigenvalue weighted by Gasteiger charge is -2.07. The number of H-pyrrole nitrogens is 1. The molecule has 0 atom stereocenters. The SMILES string of the molecule is CCCCNC(=O)c1cccc(-c2c[nH]c3ncc(-c4ccccc4)cc23)c1.[HH].[HH]. The van der Waals surface area contributed by atoms with Crippen molar-refractivity contribution in [2.45, 2.75) is 19.8 Å². The van der Waals surface area contributed by atoms with Crippen LogP contribution in [-0.2, 0) is 0 Å². The Labute approximate surface area is 167 Å². The fourth-order valence-corrected chi connectivity index (χ4v) is 3.34. The minimum atomic E-state index is -0.0294. The Morgan fingerprint density at radius 1 is 1.04 bits per heavy atom. The predicted molar refractivity (Wildman–Crippen MR) is 118 cm³/mol. The second kappa shape index (κ2) is 8.09. The van der Waals surface area contributed by atoms with Crippen LogP contribution in [0.3, 0.4) is 0 Å². The minimum Gasteiger partial charge on any atom is -0.352 e. The van der Waals surface area contributed by atoms with Crippen molar-refractivity contribution >= 4 is 16.9 Å². The number of nitrogens with one attached hydrogen (secondary N) is 2. The zero-order chi connectivity index (χ0) is 19.3. The molecule has 4 rings (SSSR count). The monoisotopic (exact) mass is 373 g/mol. The molecule has 2 aromatic heterocycles. The van der Waals surface area contributed by atoms with Gasteiger partial charge in [-0.05, 0) is 35.7 Å². The quantitative estimate of drug-likeness (QED) is 0.412. The molecule has 2 N–H and O–H groups in total. The highest BCUT2D eigenvalue weighted by Gasteiger charge is 2.11. The van der Waals surface area contributed by atoms with E-state index < -0.39 is 0 Å². The molecule has 4 nitrogen and oxygen atoms in total. The lowest BCUT2D eigenvalue weighted by atomic mass is 10.0. The van der Waals surface area contributed by atoms with Crippen LogP contribution in [0.1, 0.15) is 33.0 Å². The molecule has 0 unspecified atom stereocenters. The van der Waals surface area contributed by atoms with E-state index in [0.717, 1.165) is 46.1 Å². The van der Waals surface area contributed by atoms with Crippen LogP contribution >= 0.6 is 0 Å².